The van der Waals surface area contributed by atoms with E-state index >= 15 is 0 Å². The van der Waals surface area contributed by atoms with Gasteiger partial charge in [-0.2, -0.15) is 0 Å². The van der Waals surface area contributed by atoms with Gasteiger partial charge in [0, 0.05) is 36.8 Å². The van der Waals surface area contributed by atoms with Crippen LogP contribution in [0, 0.1) is 0 Å². The van der Waals surface area contributed by atoms with Crippen LogP contribution in [0.5, 0.6) is 11.5 Å². The maximum atomic E-state index is 13.0. The molecule has 0 aliphatic carbocycles. The quantitative estimate of drug-likeness (QED) is 0.613. The number of carbonyl (C=O) groups is 2. The molecule has 9 nitrogen and oxygen atoms in total. The van der Waals surface area contributed by atoms with E-state index in [2.05, 4.69) is 4.72 Å². The summed E-state index contributed by atoms with van der Waals surface area (Å²) in [6.07, 6.45) is 2.87. The number of rotatable bonds is 8. The van der Waals surface area contributed by atoms with E-state index in [0.29, 0.717) is 36.7 Å². The molecule has 182 valence electrons. The Balaban J connectivity index is 1.43. The summed E-state index contributed by atoms with van der Waals surface area (Å²) in [5.41, 5.74) is 1.54. The molecule has 0 saturated carbocycles. The minimum absolute atomic E-state index is 0.0352. The zero-order valence-electron chi connectivity index (χ0n) is 19.3. The van der Waals surface area contributed by atoms with Crippen molar-refractivity contribution in [3.05, 3.63) is 48.0 Å². The molecular formula is C24H29N3O6S. The smallest absolute Gasteiger partial charge is 0.241 e. The summed E-state index contributed by atoms with van der Waals surface area (Å²) in [7, 11) is -0.742. The maximum absolute atomic E-state index is 13.0. The van der Waals surface area contributed by atoms with Crippen LogP contribution in [0.15, 0.2) is 47.4 Å². The standard InChI is InChI=1S/C24H29N3O6S/c1-32-18-9-12-20(22(15-18)33-2)21-5-3-14-27(21)24(29)16-25-34(30,31)19-10-7-17(8-11-19)26-13-4-6-23(26)28/h7-12,15,21,25H,3-6,13-14,16H2,1-2H3/t21-/m0/s1. The number of carbonyl (C=O) groups excluding carboxylic acids is 2. The third-order valence-electron chi connectivity index (χ3n) is 6.32. The van der Waals surface area contributed by atoms with Gasteiger partial charge in [0.05, 0.1) is 31.7 Å². The summed E-state index contributed by atoms with van der Waals surface area (Å²) < 4.78 is 38.7. The molecule has 2 saturated heterocycles. The van der Waals surface area contributed by atoms with Gasteiger partial charge in [-0.15, -0.1) is 0 Å². The van der Waals surface area contributed by atoms with Gasteiger partial charge >= 0.3 is 0 Å². The monoisotopic (exact) mass is 487 g/mol. The van der Waals surface area contributed by atoms with Crippen LogP contribution >= 0.6 is 0 Å². The van der Waals surface area contributed by atoms with Crippen LogP contribution in [-0.2, 0) is 19.6 Å². The average molecular weight is 488 g/mol. The van der Waals surface area contributed by atoms with Crippen molar-refractivity contribution in [1.29, 1.82) is 0 Å². The molecule has 2 aliphatic heterocycles. The van der Waals surface area contributed by atoms with E-state index in [-0.39, 0.29) is 29.3 Å². The first-order chi connectivity index (χ1) is 16.3. The normalized spacial score (nSPS) is 18.4. The lowest BCUT2D eigenvalue weighted by atomic mass is 10.0. The van der Waals surface area contributed by atoms with E-state index in [4.69, 9.17) is 9.47 Å². The Bertz CT molecular complexity index is 1170. The Kier molecular flexibility index (Phi) is 7.08. The van der Waals surface area contributed by atoms with E-state index in [9.17, 15) is 18.0 Å². The fourth-order valence-electron chi connectivity index (χ4n) is 4.55. The van der Waals surface area contributed by atoms with Crippen LogP contribution in [0.1, 0.15) is 37.3 Å². The number of nitrogens with zero attached hydrogens (tertiary/aromatic N) is 2. The Morgan fingerprint density at radius 1 is 1.06 bits per heavy atom. The molecule has 0 unspecified atom stereocenters. The molecular weight excluding hydrogens is 458 g/mol. The Hall–Kier alpha value is -3.11. The first kappa shape index (κ1) is 24.0. The summed E-state index contributed by atoms with van der Waals surface area (Å²) >= 11 is 0. The highest BCUT2D eigenvalue weighted by atomic mass is 32.2. The van der Waals surface area contributed by atoms with E-state index in [0.717, 1.165) is 24.8 Å². The van der Waals surface area contributed by atoms with Gasteiger partial charge in [-0.25, -0.2) is 13.1 Å². The van der Waals surface area contributed by atoms with Crippen LogP contribution < -0.4 is 19.1 Å². The summed E-state index contributed by atoms with van der Waals surface area (Å²) in [5.74, 6) is 1.02. The SMILES string of the molecule is COc1ccc([C@@H]2CCCN2C(=O)CNS(=O)(=O)c2ccc(N3CCCC3=O)cc2)c(OC)c1. The fraction of sp³-hybridized carbons (Fsp3) is 0.417. The fourth-order valence-corrected chi connectivity index (χ4v) is 5.52. The number of ether oxygens (including phenoxy) is 2. The Morgan fingerprint density at radius 3 is 2.47 bits per heavy atom. The lowest BCUT2D eigenvalue weighted by Crippen LogP contribution is -2.39. The molecule has 10 heteroatoms. The largest absolute Gasteiger partial charge is 0.497 e. The zero-order chi connectivity index (χ0) is 24.3. The molecule has 0 aromatic heterocycles. The van der Waals surface area contributed by atoms with Crippen molar-refractivity contribution < 1.29 is 27.5 Å². The second-order valence-electron chi connectivity index (χ2n) is 8.32. The highest BCUT2D eigenvalue weighted by molar-refractivity contribution is 7.89. The molecule has 2 aromatic carbocycles. The van der Waals surface area contributed by atoms with Gasteiger partial charge in [0.1, 0.15) is 11.5 Å². The lowest BCUT2D eigenvalue weighted by molar-refractivity contribution is -0.130. The van der Waals surface area contributed by atoms with E-state index < -0.39 is 10.0 Å². The molecule has 0 radical (unpaired) electrons. The zero-order valence-corrected chi connectivity index (χ0v) is 20.1. The van der Waals surface area contributed by atoms with Crippen molar-refractivity contribution in [3.8, 4) is 11.5 Å². The van der Waals surface area contributed by atoms with Gasteiger partial charge in [0.25, 0.3) is 0 Å². The second kappa shape index (κ2) is 10.0. The number of benzene rings is 2. The summed E-state index contributed by atoms with van der Waals surface area (Å²) in [4.78, 5) is 28.3. The number of nitrogens with one attached hydrogen (secondary N) is 1. The van der Waals surface area contributed by atoms with Gasteiger partial charge < -0.3 is 19.3 Å². The van der Waals surface area contributed by atoms with Crippen molar-refractivity contribution in [3.63, 3.8) is 0 Å². The third-order valence-corrected chi connectivity index (χ3v) is 7.74. The average Bonchev–Trinajstić information content (AvgIpc) is 3.51. The summed E-state index contributed by atoms with van der Waals surface area (Å²) in [6, 6.07) is 11.4. The molecule has 4 rings (SSSR count). The predicted molar refractivity (Wildman–Crippen MR) is 126 cm³/mol. The van der Waals surface area contributed by atoms with Gasteiger partial charge in [-0.1, -0.05) is 0 Å². The minimum Gasteiger partial charge on any atom is -0.497 e. The van der Waals surface area contributed by atoms with Crippen molar-refractivity contribution in [2.24, 2.45) is 0 Å². The summed E-state index contributed by atoms with van der Waals surface area (Å²) in [6.45, 7) is 0.830. The molecule has 2 aromatic rings. The molecule has 2 amide bonds. The van der Waals surface area contributed by atoms with E-state index in [1.54, 1.807) is 42.2 Å². The van der Waals surface area contributed by atoms with Gasteiger partial charge in [0.15, 0.2) is 0 Å². The van der Waals surface area contributed by atoms with Crippen molar-refractivity contribution in [1.82, 2.24) is 9.62 Å². The lowest BCUT2D eigenvalue weighted by Gasteiger charge is -2.26. The number of anilines is 1. The number of sulfonamides is 1. The van der Waals surface area contributed by atoms with Gasteiger partial charge in [-0.05, 0) is 55.7 Å². The molecule has 2 fully saturated rings. The van der Waals surface area contributed by atoms with E-state index in [1.807, 2.05) is 12.1 Å². The number of hydrogen-bond acceptors (Lipinski definition) is 6. The van der Waals surface area contributed by atoms with Crippen molar-refractivity contribution in [2.75, 3.05) is 38.8 Å². The van der Waals surface area contributed by atoms with Gasteiger partial charge in [-0.3, -0.25) is 9.59 Å². The number of hydrogen-bond donors (Lipinski definition) is 1. The molecule has 1 N–H and O–H groups in total. The number of methoxy groups -OCH3 is 2. The van der Waals surface area contributed by atoms with Crippen molar-refractivity contribution >= 4 is 27.5 Å². The molecule has 0 bridgehead atoms. The maximum Gasteiger partial charge on any atom is 0.241 e. The van der Waals surface area contributed by atoms with Crippen LogP contribution in [0.3, 0.4) is 0 Å². The molecule has 34 heavy (non-hydrogen) atoms. The molecule has 1 atom stereocenters. The molecule has 2 heterocycles. The van der Waals surface area contributed by atoms with Crippen LogP contribution in [0.4, 0.5) is 5.69 Å². The van der Waals surface area contributed by atoms with Crippen molar-refractivity contribution in [2.45, 2.75) is 36.6 Å². The minimum atomic E-state index is -3.88. The highest BCUT2D eigenvalue weighted by Gasteiger charge is 2.32. The van der Waals surface area contributed by atoms with E-state index in [1.165, 1.54) is 12.1 Å². The molecule has 2 aliphatic rings. The Morgan fingerprint density at radius 2 is 1.82 bits per heavy atom. The second-order valence-corrected chi connectivity index (χ2v) is 10.1. The van der Waals surface area contributed by atoms with Gasteiger partial charge in [0.2, 0.25) is 21.8 Å². The third kappa shape index (κ3) is 4.88. The van der Waals surface area contributed by atoms with Crippen LogP contribution in [-0.4, -0.2) is 59.0 Å². The summed E-state index contributed by atoms with van der Waals surface area (Å²) in [5, 5.41) is 0. The number of amides is 2. The highest BCUT2D eigenvalue weighted by Crippen LogP contribution is 2.38. The van der Waals surface area contributed by atoms with Crippen LogP contribution in [0.25, 0.3) is 0 Å². The molecule has 0 spiro atoms. The first-order valence-electron chi connectivity index (χ1n) is 11.3. The predicted octanol–water partition coefficient (Wildman–Crippen LogP) is 2.47. The van der Waals surface area contributed by atoms with Crippen LogP contribution in [0.2, 0.25) is 0 Å². The first-order valence-corrected chi connectivity index (χ1v) is 12.7. The number of likely N-dealkylation sites (tertiary alicyclic amines) is 1. The Labute approximate surface area is 199 Å². The topological polar surface area (TPSA) is 105 Å².